The van der Waals surface area contributed by atoms with Crippen molar-refractivity contribution in [1.29, 1.82) is 0 Å². The van der Waals surface area contributed by atoms with E-state index in [0.29, 0.717) is 0 Å². The summed E-state index contributed by atoms with van der Waals surface area (Å²) in [5.41, 5.74) is 5.12. The number of hydrogen-bond donors (Lipinski definition) is 1. The molecule has 0 amide bonds. The minimum absolute atomic E-state index is 0.128. The van der Waals surface area contributed by atoms with E-state index < -0.39 is 11.0 Å². The average molecular weight is 335 g/mol. The standard InChI is InChI=1S/C17H22N2OS2/c1-6-15(19-22(20)17(3,4)5)13-7-9-14(10-8-13)16-12(2)18-11-21-16/h6-11,15,19H,1H2,2-5H3/t15-,22-/m0/s1. The van der Waals surface area contributed by atoms with Gasteiger partial charge in [0.15, 0.2) is 0 Å². The first kappa shape index (κ1) is 17.1. The number of aryl methyl sites for hydroxylation is 1. The molecule has 2 rings (SSSR count). The highest BCUT2D eigenvalue weighted by molar-refractivity contribution is 7.84. The van der Waals surface area contributed by atoms with Gasteiger partial charge in [0.05, 0.1) is 37.9 Å². The summed E-state index contributed by atoms with van der Waals surface area (Å²) in [7, 11) is -1.14. The number of benzene rings is 1. The van der Waals surface area contributed by atoms with Gasteiger partial charge in [-0.2, -0.15) is 0 Å². The zero-order valence-electron chi connectivity index (χ0n) is 13.4. The maximum absolute atomic E-state index is 12.3. The van der Waals surface area contributed by atoms with Gasteiger partial charge in [-0.3, -0.25) is 0 Å². The normalized spacial score (nSPS) is 14.5. The van der Waals surface area contributed by atoms with Gasteiger partial charge in [-0.1, -0.05) is 30.3 Å². The molecular formula is C17H22N2OS2. The Morgan fingerprint density at radius 2 is 1.95 bits per heavy atom. The van der Waals surface area contributed by atoms with E-state index in [9.17, 15) is 4.21 Å². The first-order valence-electron chi connectivity index (χ1n) is 7.14. The molecule has 0 aliphatic carbocycles. The molecule has 3 nitrogen and oxygen atoms in total. The van der Waals surface area contributed by atoms with Crippen molar-refractivity contribution in [3.8, 4) is 10.4 Å². The molecule has 0 bridgehead atoms. The summed E-state index contributed by atoms with van der Waals surface area (Å²) in [4.78, 5) is 5.47. The van der Waals surface area contributed by atoms with Crippen LogP contribution in [0, 0.1) is 6.92 Å². The second-order valence-corrected chi connectivity index (χ2v) is 8.95. The average Bonchev–Trinajstić information content (AvgIpc) is 2.90. The molecule has 0 radical (unpaired) electrons. The molecule has 22 heavy (non-hydrogen) atoms. The highest BCUT2D eigenvalue weighted by Crippen LogP contribution is 2.28. The van der Waals surface area contributed by atoms with Crippen LogP contribution in [0.15, 0.2) is 42.4 Å². The zero-order valence-corrected chi connectivity index (χ0v) is 15.1. The molecule has 1 heterocycles. The van der Waals surface area contributed by atoms with Crippen LogP contribution < -0.4 is 4.72 Å². The smallest absolute Gasteiger partial charge is 0.0978 e. The monoisotopic (exact) mass is 334 g/mol. The van der Waals surface area contributed by atoms with E-state index in [2.05, 4.69) is 28.4 Å². The second-order valence-electron chi connectivity index (χ2n) is 6.10. The Bertz CT molecular complexity index is 669. The number of hydrogen-bond acceptors (Lipinski definition) is 3. The number of aromatic nitrogens is 1. The molecule has 0 spiro atoms. The Hall–Kier alpha value is -1.30. The van der Waals surface area contributed by atoms with Gasteiger partial charge < -0.3 is 0 Å². The third kappa shape index (κ3) is 3.91. The van der Waals surface area contributed by atoms with Crippen molar-refractivity contribution in [2.75, 3.05) is 0 Å². The largest absolute Gasteiger partial charge is 0.249 e. The summed E-state index contributed by atoms with van der Waals surface area (Å²) in [6.07, 6.45) is 1.79. The molecule has 118 valence electrons. The van der Waals surface area contributed by atoms with Crippen LogP contribution in [0.3, 0.4) is 0 Å². The first-order chi connectivity index (χ1) is 10.3. The van der Waals surface area contributed by atoms with E-state index in [1.165, 1.54) is 4.88 Å². The van der Waals surface area contributed by atoms with Gasteiger partial charge in [-0.25, -0.2) is 13.9 Å². The summed E-state index contributed by atoms with van der Waals surface area (Å²) >= 11 is 1.64. The number of nitrogens with zero attached hydrogens (tertiary/aromatic N) is 1. The zero-order chi connectivity index (χ0) is 16.3. The van der Waals surface area contributed by atoms with Crippen LogP contribution in [-0.2, 0) is 11.0 Å². The number of thiazole rings is 1. The van der Waals surface area contributed by atoms with E-state index in [-0.39, 0.29) is 10.8 Å². The van der Waals surface area contributed by atoms with Crippen LogP contribution in [0.25, 0.3) is 10.4 Å². The summed E-state index contributed by atoms with van der Waals surface area (Å²) in [6.45, 7) is 11.7. The lowest BCUT2D eigenvalue weighted by molar-refractivity contribution is 0.626. The predicted molar refractivity (Wildman–Crippen MR) is 96.3 cm³/mol. The Balaban J connectivity index is 2.19. The molecule has 0 aliphatic rings. The maximum Gasteiger partial charge on any atom is 0.0978 e. The molecule has 0 fully saturated rings. The summed E-state index contributed by atoms with van der Waals surface area (Å²) in [6, 6.07) is 8.13. The molecule has 1 aromatic carbocycles. The van der Waals surface area contributed by atoms with Crippen LogP contribution in [0.4, 0.5) is 0 Å². The van der Waals surface area contributed by atoms with Crippen molar-refractivity contribution in [3.63, 3.8) is 0 Å². The van der Waals surface area contributed by atoms with Gasteiger partial charge >= 0.3 is 0 Å². The van der Waals surface area contributed by atoms with Gasteiger partial charge in [0.1, 0.15) is 0 Å². The fraction of sp³-hybridized carbons (Fsp3) is 0.353. The van der Waals surface area contributed by atoms with Gasteiger partial charge in [-0.05, 0) is 38.8 Å². The molecule has 0 aliphatic heterocycles. The molecule has 5 heteroatoms. The highest BCUT2D eigenvalue weighted by atomic mass is 32.2. The quantitative estimate of drug-likeness (QED) is 0.824. The molecule has 0 saturated carbocycles. The van der Waals surface area contributed by atoms with E-state index in [1.54, 1.807) is 17.4 Å². The van der Waals surface area contributed by atoms with Gasteiger partial charge in [0.25, 0.3) is 0 Å². The van der Waals surface area contributed by atoms with Crippen molar-refractivity contribution < 1.29 is 4.21 Å². The van der Waals surface area contributed by atoms with E-state index >= 15 is 0 Å². The summed E-state index contributed by atoms with van der Waals surface area (Å²) < 4.78 is 15.1. The summed E-state index contributed by atoms with van der Waals surface area (Å²) in [5.74, 6) is 0. The third-order valence-electron chi connectivity index (χ3n) is 3.30. The minimum Gasteiger partial charge on any atom is -0.249 e. The number of nitrogens with one attached hydrogen (secondary N) is 1. The lowest BCUT2D eigenvalue weighted by Crippen LogP contribution is -2.35. The van der Waals surface area contributed by atoms with Crippen LogP contribution in [0.2, 0.25) is 0 Å². The fourth-order valence-corrected chi connectivity index (χ4v) is 3.59. The molecule has 0 unspecified atom stereocenters. The van der Waals surface area contributed by atoms with Crippen molar-refractivity contribution >= 4 is 22.3 Å². The third-order valence-corrected chi connectivity index (χ3v) is 5.86. The Morgan fingerprint density at radius 3 is 2.41 bits per heavy atom. The molecule has 1 aromatic heterocycles. The Kier molecular flexibility index (Phi) is 5.32. The highest BCUT2D eigenvalue weighted by Gasteiger charge is 2.22. The molecule has 1 N–H and O–H groups in total. The molecule has 2 aromatic rings. The van der Waals surface area contributed by atoms with Gasteiger partial charge in [-0.15, -0.1) is 17.9 Å². The molecule has 2 atom stereocenters. The second kappa shape index (κ2) is 6.86. The van der Waals surface area contributed by atoms with Crippen molar-refractivity contribution in [2.45, 2.75) is 38.5 Å². The SMILES string of the molecule is C=C[C@H](N[S@@](=O)C(C)(C)C)c1ccc(-c2scnc2C)cc1. The van der Waals surface area contributed by atoms with Crippen molar-refractivity contribution in [1.82, 2.24) is 9.71 Å². The lowest BCUT2D eigenvalue weighted by atomic mass is 10.0. The Labute approximate surface area is 139 Å². The van der Waals surface area contributed by atoms with E-state index in [1.807, 2.05) is 45.3 Å². The molecule has 0 saturated heterocycles. The number of rotatable bonds is 5. The van der Waals surface area contributed by atoms with Crippen molar-refractivity contribution in [3.05, 3.63) is 53.7 Å². The summed E-state index contributed by atoms with van der Waals surface area (Å²) in [5, 5.41) is 0. The van der Waals surface area contributed by atoms with E-state index in [4.69, 9.17) is 0 Å². The lowest BCUT2D eigenvalue weighted by Gasteiger charge is -2.22. The molecular weight excluding hydrogens is 312 g/mol. The van der Waals surface area contributed by atoms with Crippen LogP contribution in [0.5, 0.6) is 0 Å². The van der Waals surface area contributed by atoms with Gasteiger partial charge in [0.2, 0.25) is 0 Å². The van der Waals surface area contributed by atoms with Crippen LogP contribution in [-0.4, -0.2) is 13.9 Å². The minimum atomic E-state index is -1.14. The predicted octanol–water partition coefficient (Wildman–Crippen LogP) is 4.40. The van der Waals surface area contributed by atoms with E-state index in [0.717, 1.165) is 16.8 Å². The maximum atomic E-state index is 12.3. The Morgan fingerprint density at radius 1 is 1.32 bits per heavy atom. The van der Waals surface area contributed by atoms with Crippen LogP contribution in [0.1, 0.15) is 38.1 Å². The van der Waals surface area contributed by atoms with Crippen LogP contribution >= 0.6 is 11.3 Å². The topological polar surface area (TPSA) is 42.0 Å². The van der Waals surface area contributed by atoms with Gasteiger partial charge in [0, 0.05) is 0 Å². The van der Waals surface area contributed by atoms with Crippen molar-refractivity contribution in [2.24, 2.45) is 0 Å². The first-order valence-corrected chi connectivity index (χ1v) is 9.17. The fourth-order valence-electron chi connectivity index (χ4n) is 1.97.